The molecular weight excluding hydrogens is 440 g/mol. The molecule has 1 atom stereocenters. The summed E-state index contributed by atoms with van der Waals surface area (Å²) in [5.74, 6) is -0.794. The van der Waals surface area contributed by atoms with Crippen molar-refractivity contribution in [1.29, 1.82) is 0 Å². The van der Waals surface area contributed by atoms with Gasteiger partial charge in [0, 0.05) is 39.2 Å². The van der Waals surface area contributed by atoms with Crippen molar-refractivity contribution in [2.45, 2.75) is 49.5 Å². The Morgan fingerprint density at radius 2 is 1.55 bits per heavy atom. The van der Waals surface area contributed by atoms with Crippen molar-refractivity contribution in [1.82, 2.24) is 9.21 Å². The fourth-order valence-electron chi connectivity index (χ4n) is 3.82. The van der Waals surface area contributed by atoms with Gasteiger partial charge in [-0.1, -0.05) is 55.3 Å². The van der Waals surface area contributed by atoms with Crippen LogP contribution >= 0.6 is 0 Å². The second kappa shape index (κ2) is 11.4. The fraction of sp³-hybridized carbons (Fsp3) is 0.440. The van der Waals surface area contributed by atoms with Crippen LogP contribution in [-0.4, -0.2) is 56.7 Å². The zero-order chi connectivity index (χ0) is 23.8. The summed E-state index contributed by atoms with van der Waals surface area (Å²) in [5, 5.41) is 0. The fourth-order valence-corrected chi connectivity index (χ4v) is 5.34. The molecule has 0 bridgehead atoms. The van der Waals surface area contributed by atoms with Crippen LogP contribution in [0.4, 0.5) is 0 Å². The summed E-state index contributed by atoms with van der Waals surface area (Å²) in [6.07, 6.45) is 3.39. The molecule has 0 saturated carbocycles. The monoisotopic (exact) mass is 472 g/mol. The van der Waals surface area contributed by atoms with Crippen molar-refractivity contribution < 1.29 is 22.7 Å². The maximum atomic E-state index is 12.9. The number of sulfonamides is 1. The van der Waals surface area contributed by atoms with Gasteiger partial charge in [-0.05, 0) is 37.0 Å². The molecule has 2 aromatic carbocycles. The van der Waals surface area contributed by atoms with Crippen LogP contribution in [0.25, 0.3) is 0 Å². The van der Waals surface area contributed by atoms with Crippen LogP contribution in [0.1, 0.15) is 49.3 Å². The van der Waals surface area contributed by atoms with E-state index in [1.165, 1.54) is 4.90 Å². The number of ether oxygens (including phenoxy) is 1. The molecule has 0 radical (unpaired) electrons. The van der Waals surface area contributed by atoms with Crippen LogP contribution in [0.15, 0.2) is 59.5 Å². The van der Waals surface area contributed by atoms with E-state index in [-0.39, 0.29) is 17.2 Å². The number of aryl methyl sites for hydroxylation is 1. The van der Waals surface area contributed by atoms with E-state index in [1.807, 2.05) is 6.07 Å². The number of esters is 1. The van der Waals surface area contributed by atoms with Crippen LogP contribution in [0.2, 0.25) is 0 Å². The Labute approximate surface area is 196 Å². The summed E-state index contributed by atoms with van der Waals surface area (Å²) in [4.78, 5) is 26.7. The van der Waals surface area contributed by atoms with Crippen LogP contribution in [-0.2, 0) is 30.8 Å². The van der Waals surface area contributed by atoms with E-state index in [0.29, 0.717) is 25.1 Å². The van der Waals surface area contributed by atoms with Gasteiger partial charge in [-0.15, -0.1) is 0 Å². The molecule has 1 fully saturated rings. The Balaban J connectivity index is 1.61. The minimum absolute atomic E-state index is 0.0856. The SMILES string of the molecule is CN(C)C(=O)C(OC(=O)CCc1ccc(S(=O)(=O)N2CCCCCC2)cc1)c1ccccc1. The van der Waals surface area contributed by atoms with Gasteiger partial charge >= 0.3 is 5.97 Å². The summed E-state index contributed by atoms with van der Waals surface area (Å²) in [7, 11) is -0.261. The highest BCUT2D eigenvalue weighted by Crippen LogP contribution is 2.22. The largest absolute Gasteiger partial charge is 0.447 e. The molecule has 3 rings (SSSR count). The average molecular weight is 473 g/mol. The van der Waals surface area contributed by atoms with Crippen molar-refractivity contribution in [2.75, 3.05) is 27.2 Å². The van der Waals surface area contributed by atoms with E-state index in [9.17, 15) is 18.0 Å². The van der Waals surface area contributed by atoms with Gasteiger partial charge in [-0.2, -0.15) is 4.31 Å². The second-order valence-electron chi connectivity index (χ2n) is 8.48. The van der Waals surface area contributed by atoms with Gasteiger partial charge in [0.15, 0.2) is 0 Å². The maximum Gasteiger partial charge on any atom is 0.307 e. The van der Waals surface area contributed by atoms with Gasteiger partial charge < -0.3 is 9.64 Å². The quantitative estimate of drug-likeness (QED) is 0.549. The molecular formula is C25H32N2O5S. The van der Waals surface area contributed by atoms with Gasteiger partial charge in [0.25, 0.3) is 5.91 Å². The smallest absolute Gasteiger partial charge is 0.307 e. The van der Waals surface area contributed by atoms with E-state index in [0.717, 1.165) is 31.2 Å². The summed E-state index contributed by atoms with van der Waals surface area (Å²) >= 11 is 0. The van der Waals surface area contributed by atoms with E-state index >= 15 is 0 Å². The van der Waals surface area contributed by atoms with E-state index in [4.69, 9.17) is 4.74 Å². The van der Waals surface area contributed by atoms with Crippen molar-refractivity contribution in [3.8, 4) is 0 Å². The number of rotatable bonds is 8. The molecule has 8 heteroatoms. The summed E-state index contributed by atoms with van der Waals surface area (Å²) < 4.78 is 32.9. The summed E-state index contributed by atoms with van der Waals surface area (Å²) in [6.45, 7) is 1.12. The average Bonchev–Trinajstić information content (AvgIpc) is 3.12. The van der Waals surface area contributed by atoms with Gasteiger partial charge in [0.05, 0.1) is 4.90 Å². The molecule has 2 aromatic rings. The van der Waals surface area contributed by atoms with Crippen molar-refractivity contribution in [2.24, 2.45) is 0 Å². The Hall–Kier alpha value is -2.71. The predicted molar refractivity (Wildman–Crippen MR) is 126 cm³/mol. The standard InChI is InChI=1S/C25H32N2O5S/c1-26(2)25(29)24(21-10-6-5-7-11-21)32-23(28)17-14-20-12-15-22(16-13-20)33(30,31)27-18-8-3-4-9-19-27/h5-7,10-13,15-16,24H,3-4,8-9,14,17-19H2,1-2H3. The van der Waals surface area contributed by atoms with Crippen LogP contribution < -0.4 is 0 Å². The topological polar surface area (TPSA) is 84.0 Å². The van der Waals surface area contributed by atoms with E-state index in [1.54, 1.807) is 66.9 Å². The van der Waals surface area contributed by atoms with Crippen molar-refractivity contribution >= 4 is 21.9 Å². The zero-order valence-corrected chi connectivity index (χ0v) is 20.1. The first-order valence-corrected chi connectivity index (χ1v) is 12.8. The first-order valence-electron chi connectivity index (χ1n) is 11.3. The van der Waals surface area contributed by atoms with Crippen molar-refractivity contribution in [3.63, 3.8) is 0 Å². The first-order chi connectivity index (χ1) is 15.8. The third-order valence-corrected chi connectivity index (χ3v) is 7.67. The lowest BCUT2D eigenvalue weighted by Gasteiger charge is -2.21. The molecule has 1 heterocycles. The normalized spacial score (nSPS) is 15.9. The molecule has 1 saturated heterocycles. The Morgan fingerprint density at radius 1 is 0.939 bits per heavy atom. The third kappa shape index (κ3) is 6.65. The van der Waals surface area contributed by atoms with Crippen LogP contribution in [0, 0.1) is 0 Å². The van der Waals surface area contributed by atoms with Gasteiger partial charge in [-0.3, -0.25) is 9.59 Å². The van der Waals surface area contributed by atoms with Gasteiger partial charge in [0.2, 0.25) is 16.1 Å². The minimum atomic E-state index is -3.50. The first kappa shape index (κ1) is 24.9. The molecule has 0 aliphatic carbocycles. The number of carbonyl (C=O) groups is 2. The van der Waals surface area contributed by atoms with Crippen LogP contribution in [0.5, 0.6) is 0 Å². The third-order valence-electron chi connectivity index (χ3n) is 5.76. The highest BCUT2D eigenvalue weighted by molar-refractivity contribution is 7.89. The number of nitrogens with zero attached hydrogens (tertiary/aromatic N) is 2. The predicted octanol–water partition coefficient (Wildman–Crippen LogP) is 3.56. The number of hydrogen-bond donors (Lipinski definition) is 0. The molecule has 0 spiro atoms. The van der Waals surface area contributed by atoms with Gasteiger partial charge in [0.1, 0.15) is 0 Å². The molecule has 7 nitrogen and oxygen atoms in total. The van der Waals surface area contributed by atoms with Crippen LogP contribution in [0.3, 0.4) is 0 Å². The lowest BCUT2D eigenvalue weighted by molar-refractivity contribution is -0.159. The molecule has 1 amide bonds. The number of likely N-dealkylation sites (N-methyl/N-ethyl adjacent to an activating group) is 1. The molecule has 1 unspecified atom stereocenters. The molecule has 178 valence electrons. The second-order valence-corrected chi connectivity index (χ2v) is 10.4. The zero-order valence-electron chi connectivity index (χ0n) is 19.3. The molecule has 33 heavy (non-hydrogen) atoms. The number of carbonyl (C=O) groups excluding carboxylic acids is 2. The summed E-state index contributed by atoms with van der Waals surface area (Å²) in [6, 6.07) is 15.6. The van der Waals surface area contributed by atoms with Gasteiger partial charge in [-0.25, -0.2) is 8.42 Å². The molecule has 0 N–H and O–H groups in total. The highest BCUT2D eigenvalue weighted by atomic mass is 32.2. The Morgan fingerprint density at radius 3 is 2.12 bits per heavy atom. The molecule has 1 aliphatic rings. The lowest BCUT2D eigenvalue weighted by Crippen LogP contribution is -2.31. The highest BCUT2D eigenvalue weighted by Gasteiger charge is 2.27. The van der Waals surface area contributed by atoms with E-state index in [2.05, 4.69) is 0 Å². The Kier molecular flexibility index (Phi) is 8.63. The number of hydrogen-bond acceptors (Lipinski definition) is 5. The minimum Gasteiger partial charge on any atom is -0.447 e. The number of amides is 1. The maximum absolute atomic E-state index is 12.9. The molecule has 1 aliphatic heterocycles. The molecule has 0 aromatic heterocycles. The van der Waals surface area contributed by atoms with Crippen molar-refractivity contribution in [3.05, 3.63) is 65.7 Å². The summed E-state index contributed by atoms with van der Waals surface area (Å²) in [5.41, 5.74) is 1.45. The number of benzene rings is 2. The Bertz CT molecular complexity index is 1030. The van der Waals surface area contributed by atoms with E-state index < -0.39 is 22.1 Å². The lowest BCUT2D eigenvalue weighted by atomic mass is 10.1.